The van der Waals surface area contributed by atoms with Crippen LogP contribution in [0.25, 0.3) is 0 Å². The number of carboxylic acid groups (broad SMARTS) is 1. The van der Waals surface area contributed by atoms with E-state index in [1.807, 2.05) is 38.0 Å². The number of likely N-dealkylation sites (N-methyl/N-ethyl adjacent to an activating group) is 2. The second-order valence-electron chi connectivity index (χ2n) is 3.48. The molecule has 12 heavy (non-hydrogen) atoms. The third-order valence-corrected chi connectivity index (χ3v) is 1.72. The van der Waals surface area contributed by atoms with Crippen LogP contribution >= 0.6 is 0 Å². The summed E-state index contributed by atoms with van der Waals surface area (Å²) in [7, 11) is 7.69. The molecule has 0 aliphatic carbocycles. The van der Waals surface area contributed by atoms with Gasteiger partial charge < -0.3 is 14.9 Å². The van der Waals surface area contributed by atoms with E-state index in [0.29, 0.717) is 0 Å². The van der Waals surface area contributed by atoms with E-state index < -0.39 is 5.97 Å². The minimum absolute atomic E-state index is 0.0949. The molecule has 0 fully saturated rings. The molecule has 4 nitrogen and oxygen atoms in total. The molecule has 1 atom stereocenters. The van der Waals surface area contributed by atoms with E-state index in [2.05, 4.69) is 0 Å². The van der Waals surface area contributed by atoms with Crippen LogP contribution in [0.5, 0.6) is 0 Å². The van der Waals surface area contributed by atoms with E-state index in [9.17, 15) is 4.79 Å². The van der Waals surface area contributed by atoms with Crippen molar-refractivity contribution in [3.05, 3.63) is 0 Å². The highest BCUT2D eigenvalue weighted by atomic mass is 16.4. The number of carbonyl (C=O) groups is 1. The molecule has 0 aromatic rings. The minimum atomic E-state index is -0.740. The predicted molar refractivity (Wildman–Crippen MR) is 48.3 cm³/mol. The highest BCUT2D eigenvalue weighted by Gasteiger charge is 2.15. The molecular weight excluding hydrogens is 156 g/mol. The average Bonchev–Trinajstić information content (AvgIpc) is 1.83. The predicted octanol–water partition coefficient (Wildman–Crippen LogP) is -0.0471. The maximum Gasteiger partial charge on any atom is 0.304 e. The van der Waals surface area contributed by atoms with Gasteiger partial charge in [0.15, 0.2) is 0 Å². The fourth-order valence-electron chi connectivity index (χ4n) is 1.03. The van der Waals surface area contributed by atoms with Crippen LogP contribution in [0, 0.1) is 0 Å². The molecule has 1 unspecified atom stereocenters. The van der Waals surface area contributed by atoms with E-state index in [4.69, 9.17) is 5.11 Å². The van der Waals surface area contributed by atoms with Crippen molar-refractivity contribution in [2.45, 2.75) is 12.5 Å². The van der Waals surface area contributed by atoms with Gasteiger partial charge in [0.05, 0.1) is 6.42 Å². The largest absolute Gasteiger partial charge is 0.481 e. The Kier molecular flexibility index (Phi) is 4.85. The van der Waals surface area contributed by atoms with Crippen LogP contribution in [0.4, 0.5) is 0 Å². The average molecular weight is 174 g/mol. The Bertz CT molecular complexity index is 146. The SMILES string of the molecule is CN(C)CC(CC(=O)O)N(C)C. The van der Waals surface area contributed by atoms with Crippen LogP contribution in [0.2, 0.25) is 0 Å². The molecule has 0 heterocycles. The number of nitrogens with zero attached hydrogens (tertiary/aromatic N) is 2. The van der Waals surface area contributed by atoms with E-state index in [0.717, 1.165) is 6.54 Å². The highest BCUT2D eigenvalue weighted by molar-refractivity contribution is 5.67. The summed E-state index contributed by atoms with van der Waals surface area (Å²) in [6.45, 7) is 0.777. The molecule has 0 rings (SSSR count). The zero-order valence-electron chi connectivity index (χ0n) is 8.24. The molecule has 0 radical (unpaired) electrons. The van der Waals surface area contributed by atoms with Gasteiger partial charge in [-0.2, -0.15) is 0 Å². The fourth-order valence-corrected chi connectivity index (χ4v) is 1.03. The first-order valence-corrected chi connectivity index (χ1v) is 3.96. The van der Waals surface area contributed by atoms with Gasteiger partial charge in [-0.05, 0) is 28.2 Å². The van der Waals surface area contributed by atoms with Crippen molar-refractivity contribution in [1.29, 1.82) is 0 Å². The lowest BCUT2D eigenvalue weighted by Gasteiger charge is -2.25. The molecule has 0 aliphatic heterocycles. The Balaban J connectivity index is 3.95. The first kappa shape index (κ1) is 11.4. The molecule has 4 heteroatoms. The molecule has 72 valence electrons. The maximum atomic E-state index is 10.5. The highest BCUT2D eigenvalue weighted by Crippen LogP contribution is 2.00. The molecule has 0 saturated carbocycles. The summed E-state index contributed by atoms with van der Waals surface area (Å²) >= 11 is 0. The Labute approximate surface area is 73.8 Å². The third-order valence-electron chi connectivity index (χ3n) is 1.72. The first-order chi connectivity index (χ1) is 5.43. The Morgan fingerprint density at radius 1 is 1.33 bits per heavy atom. The summed E-state index contributed by atoms with van der Waals surface area (Å²) in [5.41, 5.74) is 0. The summed E-state index contributed by atoms with van der Waals surface area (Å²) in [5, 5.41) is 8.60. The summed E-state index contributed by atoms with van der Waals surface area (Å²) < 4.78 is 0. The van der Waals surface area contributed by atoms with Gasteiger partial charge in [-0.15, -0.1) is 0 Å². The van der Waals surface area contributed by atoms with Gasteiger partial charge in [0.25, 0.3) is 0 Å². The molecule has 0 aromatic heterocycles. The van der Waals surface area contributed by atoms with Crippen molar-refractivity contribution in [2.24, 2.45) is 0 Å². The Morgan fingerprint density at radius 3 is 2.08 bits per heavy atom. The molecule has 1 N–H and O–H groups in total. The Hall–Kier alpha value is -0.610. The molecule has 0 saturated heterocycles. The summed E-state index contributed by atoms with van der Waals surface area (Å²) in [4.78, 5) is 14.4. The van der Waals surface area contributed by atoms with Gasteiger partial charge in [0.2, 0.25) is 0 Å². The molecule has 0 aliphatic rings. The standard InChI is InChI=1S/C8H18N2O2/c1-9(2)6-7(10(3)4)5-8(11)12/h7H,5-6H2,1-4H3,(H,11,12). The second-order valence-corrected chi connectivity index (χ2v) is 3.48. The van der Waals surface area contributed by atoms with Gasteiger partial charge in [-0.1, -0.05) is 0 Å². The number of hydrogen-bond acceptors (Lipinski definition) is 3. The summed E-state index contributed by atoms with van der Waals surface area (Å²) in [5.74, 6) is -0.740. The van der Waals surface area contributed by atoms with Crippen molar-refractivity contribution in [1.82, 2.24) is 9.80 Å². The van der Waals surface area contributed by atoms with Crippen molar-refractivity contribution < 1.29 is 9.90 Å². The maximum absolute atomic E-state index is 10.5. The van der Waals surface area contributed by atoms with Crippen LogP contribution in [0.15, 0.2) is 0 Å². The molecule has 0 bridgehead atoms. The van der Waals surface area contributed by atoms with E-state index in [-0.39, 0.29) is 12.5 Å². The monoisotopic (exact) mass is 174 g/mol. The lowest BCUT2D eigenvalue weighted by Crippen LogP contribution is -2.38. The molecule has 0 aromatic carbocycles. The third kappa shape index (κ3) is 5.09. The van der Waals surface area contributed by atoms with Gasteiger partial charge in [0, 0.05) is 12.6 Å². The van der Waals surface area contributed by atoms with Crippen LogP contribution in [-0.2, 0) is 4.79 Å². The number of aliphatic carboxylic acids is 1. The van der Waals surface area contributed by atoms with Crippen LogP contribution in [-0.4, -0.2) is 61.7 Å². The van der Waals surface area contributed by atoms with Gasteiger partial charge >= 0.3 is 5.97 Å². The molecule has 0 amide bonds. The quantitative estimate of drug-likeness (QED) is 0.635. The van der Waals surface area contributed by atoms with Crippen molar-refractivity contribution >= 4 is 5.97 Å². The number of carboxylic acids is 1. The number of rotatable bonds is 5. The minimum Gasteiger partial charge on any atom is -0.481 e. The first-order valence-electron chi connectivity index (χ1n) is 3.96. The number of hydrogen-bond donors (Lipinski definition) is 1. The lowest BCUT2D eigenvalue weighted by atomic mass is 10.2. The van der Waals surface area contributed by atoms with E-state index in [1.54, 1.807) is 0 Å². The zero-order chi connectivity index (χ0) is 9.72. The topological polar surface area (TPSA) is 43.8 Å². The Morgan fingerprint density at radius 2 is 1.83 bits per heavy atom. The van der Waals surface area contributed by atoms with Crippen LogP contribution in [0.1, 0.15) is 6.42 Å². The van der Waals surface area contributed by atoms with E-state index >= 15 is 0 Å². The van der Waals surface area contributed by atoms with Gasteiger partial charge in [0.1, 0.15) is 0 Å². The van der Waals surface area contributed by atoms with Crippen LogP contribution in [0.3, 0.4) is 0 Å². The smallest absolute Gasteiger partial charge is 0.304 e. The molecular formula is C8H18N2O2. The van der Waals surface area contributed by atoms with Crippen molar-refractivity contribution in [2.75, 3.05) is 34.7 Å². The van der Waals surface area contributed by atoms with Crippen molar-refractivity contribution in [3.8, 4) is 0 Å². The fraction of sp³-hybridized carbons (Fsp3) is 0.875. The summed E-state index contributed by atoms with van der Waals surface area (Å²) in [6, 6.07) is 0.0949. The van der Waals surface area contributed by atoms with Crippen molar-refractivity contribution in [3.63, 3.8) is 0 Å². The second kappa shape index (κ2) is 5.11. The van der Waals surface area contributed by atoms with E-state index in [1.165, 1.54) is 0 Å². The van der Waals surface area contributed by atoms with Gasteiger partial charge in [-0.25, -0.2) is 0 Å². The van der Waals surface area contributed by atoms with Gasteiger partial charge in [-0.3, -0.25) is 4.79 Å². The zero-order valence-corrected chi connectivity index (χ0v) is 8.24. The van der Waals surface area contributed by atoms with Crippen LogP contribution < -0.4 is 0 Å². The lowest BCUT2D eigenvalue weighted by molar-refractivity contribution is -0.138. The molecule has 0 spiro atoms. The summed E-state index contributed by atoms with van der Waals surface area (Å²) in [6.07, 6.45) is 0.200. The normalized spacial score (nSPS) is 13.8.